The highest BCUT2D eigenvalue weighted by molar-refractivity contribution is 5.81. The van der Waals surface area contributed by atoms with E-state index in [1.165, 1.54) is 0 Å². The van der Waals surface area contributed by atoms with E-state index in [-0.39, 0.29) is 19.3 Å². The van der Waals surface area contributed by atoms with Crippen LogP contribution >= 0.6 is 0 Å². The summed E-state index contributed by atoms with van der Waals surface area (Å²) in [6, 6.07) is 0. The second-order valence-electron chi connectivity index (χ2n) is 6.47. The van der Waals surface area contributed by atoms with Gasteiger partial charge in [0.2, 0.25) is 0 Å². The molecule has 1 fully saturated rings. The molecule has 0 aliphatic carbocycles. The van der Waals surface area contributed by atoms with Crippen molar-refractivity contribution in [1.82, 2.24) is 5.32 Å². The Hall–Kier alpha value is -0.980. The predicted octanol–water partition coefficient (Wildman–Crippen LogP) is 1.27. The molecule has 0 aromatic rings. The first kappa shape index (κ1) is 25.1. The zero-order chi connectivity index (χ0) is 20.9. The van der Waals surface area contributed by atoms with Crippen molar-refractivity contribution in [2.24, 2.45) is 0 Å². The van der Waals surface area contributed by atoms with Crippen molar-refractivity contribution >= 4 is 5.91 Å². The molecule has 1 aliphatic heterocycles. The average Bonchev–Trinajstić information content (AvgIpc) is 2.96. The van der Waals surface area contributed by atoms with E-state index < -0.39 is 17.9 Å². The van der Waals surface area contributed by atoms with Crippen LogP contribution in [-0.4, -0.2) is 90.0 Å². The molecule has 1 saturated heterocycles. The smallest absolute Gasteiger partial charge is 0.379 e. The maximum Gasteiger partial charge on any atom is 0.471 e. The lowest BCUT2D eigenvalue weighted by atomic mass is 10.4. The maximum atomic E-state index is 11.9. The summed E-state index contributed by atoms with van der Waals surface area (Å²) in [6.07, 6.45) is -4.61. The van der Waals surface area contributed by atoms with Crippen molar-refractivity contribution < 1.29 is 46.4 Å². The number of alkyl halides is 3. The molecule has 11 heteroatoms. The van der Waals surface area contributed by atoms with E-state index in [1.54, 1.807) is 5.32 Å². The first-order chi connectivity index (χ1) is 13.2. The van der Waals surface area contributed by atoms with Gasteiger partial charge >= 0.3 is 12.1 Å². The van der Waals surface area contributed by atoms with Crippen LogP contribution in [0.3, 0.4) is 0 Å². The Morgan fingerprint density at radius 3 is 2.04 bits per heavy atom. The van der Waals surface area contributed by atoms with E-state index in [9.17, 15) is 18.0 Å². The molecule has 0 saturated carbocycles. The van der Waals surface area contributed by atoms with Crippen LogP contribution in [0, 0.1) is 0 Å². The summed E-state index contributed by atoms with van der Waals surface area (Å²) in [7, 11) is 0. The number of hydrogen-bond acceptors (Lipinski definition) is 7. The highest BCUT2D eigenvalue weighted by Crippen LogP contribution is 2.22. The first-order valence-electron chi connectivity index (χ1n) is 9.18. The van der Waals surface area contributed by atoms with Crippen molar-refractivity contribution in [3.05, 3.63) is 0 Å². The number of carbonyl (C=O) groups excluding carboxylic acids is 1. The van der Waals surface area contributed by atoms with Gasteiger partial charge in [0.05, 0.1) is 52.9 Å². The van der Waals surface area contributed by atoms with Crippen LogP contribution in [-0.2, 0) is 33.2 Å². The molecule has 1 N–H and O–H groups in total. The third-order valence-electron chi connectivity index (χ3n) is 3.50. The Balaban J connectivity index is 1.75. The zero-order valence-electron chi connectivity index (χ0n) is 16.3. The van der Waals surface area contributed by atoms with Crippen LogP contribution in [0.25, 0.3) is 0 Å². The number of ether oxygens (including phenoxy) is 6. The van der Waals surface area contributed by atoms with E-state index in [0.29, 0.717) is 59.3 Å². The Labute approximate surface area is 162 Å². The van der Waals surface area contributed by atoms with Gasteiger partial charge in [-0.1, -0.05) is 0 Å². The largest absolute Gasteiger partial charge is 0.471 e. The fourth-order valence-corrected chi connectivity index (χ4v) is 2.20. The van der Waals surface area contributed by atoms with Gasteiger partial charge in [-0.3, -0.25) is 4.79 Å². The molecule has 0 spiro atoms. The first-order valence-corrected chi connectivity index (χ1v) is 9.18. The summed E-state index contributed by atoms with van der Waals surface area (Å²) < 4.78 is 68.1. The maximum absolute atomic E-state index is 11.9. The van der Waals surface area contributed by atoms with Gasteiger partial charge in [0.1, 0.15) is 6.10 Å². The van der Waals surface area contributed by atoms with Gasteiger partial charge in [0, 0.05) is 13.2 Å². The minimum absolute atomic E-state index is 0.0563. The van der Waals surface area contributed by atoms with E-state index in [2.05, 4.69) is 0 Å². The molecule has 1 amide bonds. The molecule has 0 bridgehead atoms. The molecule has 0 aromatic carbocycles. The fourth-order valence-electron chi connectivity index (χ4n) is 2.20. The minimum atomic E-state index is -4.85. The zero-order valence-corrected chi connectivity index (χ0v) is 16.3. The number of halogens is 3. The van der Waals surface area contributed by atoms with Gasteiger partial charge in [-0.15, -0.1) is 0 Å². The van der Waals surface area contributed by atoms with Crippen LogP contribution < -0.4 is 5.32 Å². The average molecular weight is 417 g/mol. The normalized spacial score (nSPS) is 19.1. The SMILES string of the molecule is CC1(C)OCC(COCCOCCOCCOCCCNC(=O)C(F)(F)F)O1. The van der Waals surface area contributed by atoms with Crippen LogP contribution in [0.2, 0.25) is 0 Å². The summed E-state index contributed by atoms with van der Waals surface area (Å²) in [4.78, 5) is 10.5. The fraction of sp³-hybridized carbons (Fsp3) is 0.941. The summed E-state index contributed by atoms with van der Waals surface area (Å²) >= 11 is 0. The molecule has 1 unspecified atom stereocenters. The third kappa shape index (κ3) is 12.5. The molecule has 8 nitrogen and oxygen atoms in total. The summed E-state index contributed by atoms with van der Waals surface area (Å²) in [5.74, 6) is -2.49. The Morgan fingerprint density at radius 1 is 1.00 bits per heavy atom. The lowest BCUT2D eigenvalue weighted by molar-refractivity contribution is -0.173. The standard InChI is InChI=1S/C17H30F3NO7/c1-16(2)27-13-14(28-16)12-26-11-10-25-9-8-24-7-6-23-5-3-4-21-15(22)17(18,19)20/h14H,3-13H2,1-2H3,(H,21,22). The van der Waals surface area contributed by atoms with E-state index in [0.717, 1.165) is 0 Å². The Bertz CT molecular complexity index is 435. The van der Waals surface area contributed by atoms with Crippen molar-refractivity contribution in [3.63, 3.8) is 0 Å². The Morgan fingerprint density at radius 2 is 1.54 bits per heavy atom. The molecule has 1 aliphatic rings. The predicted molar refractivity (Wildman–Crippen MR) is 91.9 cm³/mol. The number of nitrogens with one attached hydrogen (secondary N) is 1. The lowest BCUT2D eigenvalue weighted by Gasteiger charge is -2.17. The van der Waals surface area contributed by atoms with Crippen LogP contribution in [0.5, 0.6) is 0 Å². The molecule has 1 heterocycles. The molecule has 28 heavy (non-hydrogen) atoms. The molecule has 1 rings (SSSR count). The van der Waals surface area contributed by atoms with Gasteiger partial charge < -0.3 is 33.7 Å². The van der Waals surface area contributed by atoms with E-state index in [1.807, 2.05) is 13.8 Å². The summed E-state index contributed by atoms with van der Waals surface area (Å²) in [5.41, 5.74) is 0. The monoisotopic (exact) mass is 417 g/mol. The summed E-state index contributed by atoms with van der Waals surface area (Å²) in [6.45, 7) is 7.23. The van der Waals surface area contributed by atoms with Crippen LogP contribution in [0.15, 0.2) is 0 Å². The second-order valence-corrected chi connectivity index (χ2v) is 6.47. The molecule has 0 aromatic heterocycles. The van der Waals surface area contributed by atoms with Crippen LogP contribution in [0.4, 0.5) is 13.2 Å². The van der Waals surface area contributed by atoms with Crippen molar-refractivity contribution in [2.45, 2.75) is 38.3 Å². The van der Waals surface area contributed by atoms with E-state index >= 15 is 0 Å². The van der Waals surface area contributed by atoms with Gasteiger partial charge in [-0.25, -0.2) is 0 Å². The van der Waals surface area contributed by atoms with Crippen molar-refractivity contribution in [1.29, 1.82) is 0 Å². The molecule has 166 valence electrons. The minimum Gasteiger partial charge on any atom is -0.379 e. The van der Waals surface area contributed by atoms with Gasteiger partial charge in [0.25, 0.3) is 0 Å². The number of rotatable bonds is 15. The van der Waals surface area contributed by atoms with Crippen LogP contribution in [0.1, 0.15) is 20.3 Å². The van der Waals surface area contributed by atoms with Gasteiger partial charge in [-0.05, 0) is 20.3 Å². The molecular weight excluding hydrogens is 387 g/mol. The second kappa shape index (κ2) is 13.3. The molecule has 0 radical (unpaired) electrons. The molecular formula is C17H30F3NO7. The topological polar surface area (TPSA) is 84.5 Å². The van der Waals surface area contributed by atoms with Crippen molar-refractivity contribution in [2.75, 3.05) is 66.0 Å². The van der Waals surface area contributed by atoms with Gasteiger partial charge in [0.15, 0.2) is 5.79 Å². The summed E-state index contributed by atoms with van der Waals surface area (Å²) in [5, 5.41) is 1.77. The number of carbonyl (C=O) groups is 1. The number of hydrogen-bond donors (Lipinski definition) is 1. The van der Waals surface area contributed by atoms with Gasteiger partial charge in [-0.2, -0.15) is 13.2 Å². The van der Waals surface area contributed by atoms with E-state index in [4.69, 9.17) is 28.4 Å². The Kier molecular flexibility index (Phi) is 11.9. The highest BCUT2D eigenvalue weighted by atomic mass is 19.4. The molecule has 1 atom stereocenters. The quantitative estimate of drug-likeness (QED) is 0.402. The van der Waals surface area contributed by atoms with Crippen molar-refractivity contribution in [3.8, 4) is 0 Å². The highest BCUT2D eigenvalue weighted by Gasteiger charge is 2.38. The third-order valence-corrected chi connectivity index (χ3v) is 3.50. The lowest BCUT2D eigenvalue weighted by Crippen LogP contribution is -2.37. The number of amides is 1.